The Hall–Kier alpha value is -3.28. The summed E-state index contributed by atoms with van der Waals surface area (Å²) in [5.41, 5.74) is 3.93. The van der Waals surface area contributed by atoms with Gasteiger partial charge in [0.25, 0.3) is 5.91 Å². The van der Waals surface area contributed by atoms with E-state index in [0.717, 1.165) is 40.6 Å². The molecule has 0 unspecified atom stereocenters. The lowest BCUT2D eigenvalue weighted by Crippen LogP contribution is -2.44. The van der Waals surface area contributed by atoms with Crippen LogP contribution in [0.2, 0.25) is 0 Å². The Morgan fingerprint density at radius 2 is 1.86 bits per heavy atom. The van der Waals surface area contributed by atoms with Gasteiger partial charge in [-0.25, -0.2) is 4.79 Å². The zero-order chi connectivity index (χ0) is 20.1. The Morgan fingerprint density at radius 1 is 1.10 bits per heavy atom. The van der Waals surface area contributed by atoms with Crippen LogP contribution in [-0.4, -0.2) is 44.4 Å². The number of benzene rings is 2. The molecule has 6 heteroatoms. The van der Waals surface area contributed by atoms with Crippen molar-refractivity contribution in [1.82, 2.24) is 14.8 Å². The number of aromatic nitrogens is 1. The molecule has 2 aliphatic rings. The summed E-state index contributed by atoms with van der Waals surface area (Å²) in [6, 6.07) is 13.8. The van der Waals surface area contributed by atoms with Crippen LogP contribution in [-0.2, 0) is 11.2 Å². The number of nitrogens with one attached hydrogen (secondary N) is 1. The Balaban J connectivity index is 1.68. The number of phenolic OH excluding ortho intramolecular Hbond substituents is 1. The summed E-state index contributed by atoms with van der Waals surface area (Å²) in [5, 5.41) is 10.8. The molecule has 6 nitrogen and oxygen atoms in total. The maximum absolute atomic E-state index is 13.3. The van der Waals surface area contributed by atoms with Gasteiger partial charge in [-0.15, -0.1) is 0 Å². The van der Waals surface area contributed by atoms with Crippen molar-refractivity contribution >= 4 is 22.8 Å². The van der Waals surface area contributed by atoms with Gasteiger partial charge >= 0.3 is 6.03 Å². The number of fused-ring (bicyclic) bond motifs is 4. The summed E-state index contributed by atoms with van der Waals surface area (Å²) in [4.78, 5) is 33.1. The molecule has 29 heavy (non-hydrogen) atoms. The standard InChI is InChI=1S/C23H23N3O3/c1-2-3-12-25-22(28)19-13-17-16-6-4-5-7-18(16)24-20(17)21(26(19)23(25)29)14-8-10-15(27)11-9-14/h4-11,19,21,24,27H,2-3,12-13H2,1H3/t19-,21+/m1/s1. The van der Waals surface area contributed by atoms with E-state index in [1.807, 2.05) is 30.3 Å². The van der Waals surface area contributed by atoms with Crippen molar-refractivity contribution in [3.8, 4) is 5.75 Å². The number of hydrogen-bond acceptors (Lipinski definition) is 3. The van der Waals surface area contributed by atoms with E-state index in [1.54, 1.807) is 17.0 Å². The number of nitrogens with zero attached hydrogens (tertiary/aromatic N) is 2. The van der Waals surface area contributed by atoms with E-state index >= 15 is 0 Å². The van der Waals surface area contributed by atoms with Crippen LogP contribution in [0.25, 0.3) is 10.9 Å². The van der Waals surface area contributed by atoms with E-state index in [2.05, 4.69) is 18.0 Å². The Bertz CT molecular complexity index is 1100. The zero-order valence-corrected chi connectivity index (χ0v) is 16.3. The van der Waals surface area contributed by atoms with Gasteiger partial charge in [0.2, 0.25) is 0 Å². The first-order chi connectivity index (χ1) is 14.1. The number of rotatable bonds is 4. The fourth-order valence-electron chi connectivity index (χ4n) is 4.65. The molecule has 3 aromatic rings. The van der Waals surface area contributed by atoms with Crippen LogP contribution in [0.5, 0.6) is 5.75 Å². The lowest BCUT2D eigenvalue weighted by Gasteiger charge is -2.36. The SMILES string of the molecule is CCCCN1C(=O)[C@H]2Cc3c([nH]c4ccccc34)[C@H](c3ccc(O)cc3)N2C1=O. The minimum atomic E-state index is -0.495. The first kappa shape index (κ1) is 17.8. The highest BCUT2D eigenvalue weighted by Crippen LogP contribution is 2.44. The quantitative estimate of drug-likeness (QED) is 0.664. The molecule has 0 spiro atoms. The lowest BCUT2D eigenvalue weighted by atomic mass is 9.89. The molecule has 3 amide bonds. The fourth-order valence-corrected chi connectivity index (χ4v) is 4.65. The molecule has 0 radical (unpaired) electrons. The van der Waals surface area contributed by atoms with Crippen molar-refractivity contribution in [3.63, 3.8) is 0 Å². The average Bonchev–Trinajstić information content (AvgIpc) is 3.21. The third kappa shape index (κ3) is 2.63. The van der Waals surface area contributed by atoms with Crippen molar-refractivity contribution in [2.75, 3.05) is 6.54 Å². The third-order valence-corrected chi connectivity index (χ3v) is 6.08. The summed E-state index contributed by atoms with van der Waals surface area (Å²) in [5.74, 6) is 0.0644. The average molecular weight is 389 g/mol. The first-order valence-corrected chi connectivity index (χ1v) is 10.1. The largest absolute Gasteiger partial charge is 0.508 e. The lowest BCUT2D eigenvalue weighted by molar-refractivity contribution is -0.128. The number of hydrogen-bond donors (Lipinski definition) is 2. The second-order valence-corrected chi connectivity index (χ2v) is 7.81. The molecule has 3 heterocycles. The molecular weight excluding hydrogens is 366 g/mol. The Kier molecular flexibility index (Phi) is 4.08. The minimum absolute atomic E-state index is 0.108. The molecular formula is C23H23N3O3. The smallest absolute Gasteiger partial charge is 0.328 e. The van der Waals surface area contributed by atoms with E-state index in [0.29, 0.717) is 13.0 Å². The zero-order valence-electron chi connectivity index (χ0n) is 16.3. The second kappa shape index (κ2) is 6.65. The van der Waals surface area contributed by atoms with E-state index in [1.165, 1.54) is 4.90 Å². The number of para-hydroxylation sites is 1. The topological polar surface area (TPSA) is 76.6 Å². The van der Waals surface area contributed by atoms with Gasteiger partial charge in [-0.1, -0.05) is 43.7 Å². The highest BCUT2D eigenvalue weighted by atomic mass is 16.3. The van der Waals surface area contributed by atoms with E-state index in [4.69, 9.17) is 0 Å². The predicted octanol–water partition coefficient (Wildman–Crippen LogP) is 3.95. The summed E-state index contributed by atoms with van der Waals surface area (Å²) < 4.78 is 0. The van der Waals surface area contributed by atoms with Gasteiger partial charge in [0, 0.05) is 29.6 Å². The summed E-state index contributed by atoms with van der Waals surface area (Å²) in [6.45, 7) is 2.51. The number of urea groups is 1. The summed E-state index contributed by atoms with van der Waals surface area (Å²) >= 11 is 0. The van der Waals surface area contributed by atoms with Crippen LogP contribution in [0.1, 0.15) is 42.6 Å². The van der Waals surface area contributed by atoms with Gasteiger partial charge < -0.3 is 10.1 Å². The molecule has 2 atom stereocenters. The van der Waals surface area contributed by atoms with Gasteiger partial charge in [0.1, 0.15) is 17.8 Å². The highest BCUT2D eigenvalue weighted by molar-refractivity contribution is 6.05. The van der Waals surface area contributed by atoms with Crippen LogP contribution in [0.3, 0.4) is 0 Å². The predicted molar refractivity (Wildman–Crippen MR) is 110 cm³/mol. The molecule has 0 saturated carbocycles. The number of amides is 3. The number of carbonyl (C=O) groups excluding carboxylic acids is 2. The number of phenols is 1. The number of H-pyrrole nitrogens is 1. The Morgan fingerprint density at radius 3 is 2.62 bits per heavy atom. The fraction of sp³-hybridized carbons (Fsp3) is 0.304. The van der Waals surface area contributed by atoms with E-state index in [-0.39, 0.29) is 23.7 Å². The van der Waals surface area contributed by atoms with Gasteiger partial charge in [0.15, 0.2) is 0 Å². The highest BCUT2D eigenvalue weighted by Gasteiger charge is 2.52. The molecule has 2 N–H and O–H groups in total. The van der Waals surface area contributed by atoms with Crippen molar-refractivity contribution < 1.29 is 14.7 Å². The number of carbonyl (C=O) groups is 2. The maximum Gasteiger partial charge on any atom is 0.328 e. The molecule has 2 aromatic carbocycles. The number of aromatic hydroxyl groups is 1. The first-order valence-electron chi connectivity index (χ1n) is 10.1. The van der Waals surface area contributed by atoms with Crippen molar-refractivity contribution in [1.29, 1.82) is 0 Å². The van der Waals surface area contributed by atoms with Crippen LogP contribution in [0.15, 0.2) is 48.5 Å². The number of imide groups is 1. The second-order valence-electron chi connectivity index (χ2n) is 7.81. The van der Waals surface area contributed by atoms with Gasteiger partial charge in [-0.2, -0.15) is 0 Å². The van der Waals surface area contributed by atoms with E-state index in [9.17, 15) is 14.7 Å². The molecule has 1 saturated heterocycles. The van der Waals surface area contributed by atoms with Crippen LogP contribution >= 0.6 is 0 Å². The molecule has 5 rings (SSSR count). The van der Waals surface area contributed by atoms with Crippen molar-refractivity contribution in [2.45, 2.75) is 38.3 Å². The van der Waals surface area contributed by atoms with Crippen LogP contribution in [0.4, 0.5) is 4.79 Å². The van der Waals surface area contributed by atoms with Gasteiger partial charge in [0.05, 0.1) is 0 Å². The van der Waals surface area contributed by atoms with E-state index < -0.39 is 6.04 Å². The minimum Gasteiger partial charge on any atom is -0.508 e. The molecule has 2 aliphatic heterocycles. The maximum atomic E-state index is 13.3. The summed E-state index contributed by atoms with van der Waals surface area (Å²) in [7, 11) is 0. The molecule has 0 aliphatic carbocycles. The van der Waals surface area contributed by atoms with Gasteiger partial charge in [-0.3, -0.25) is 14.6 Å². The Labute approximate surface area is 168 Å². The van der Waals surface area contributed by atoms with Crippen LogP contribution in [0, 0.1) is 0 Å². The van der Waals surface area contributed by atoms with Crippen molar-refractivity contribution in [2.24, 2.45) is 0 Å². The van der Waals surface area contributed by atoms with Gasteiger partial charge in [-0.05, 0) is 35.7 Å². The normalized spacial score (nSPS) is 21.0. The molecule has 0 bridgehead atoms. The number of aromatic amines is 1. The summed E-state index contributed by atoms with van der Waals surface area (Å²) in [6.07, 6.45) is 2.24. The van der Waals surface area contributed by atoms with Crippen molar-refractivity contribution in [3.05, 3.63) is 65.4 Å². The molecule has 148 valence electrons. The monoisotopic (exact) mass is 389 g/mol. The molecule has 1 aromatic heterocycles. The molecule has 1 fully saturated rings. The number of unbranched alkanes of at least 4 members (excludes halogenated alkanes) is 1. The van der Waals surface area contributed by atoms with Crippen LogP contribution < -0.4 is 0 Å². The third-order valence-electron chi connectivity index (χ3n) is 6.08.